The monoisotopic (exact) mass is 362 g/mol. The molecule has 0 unspecified atom stereocenters. The molecule has 1 amide bonds. The number of rotatable bonds is 4. The van der Waals surface area contributed by atoms with Gasteiger partial charge in [0.25, 0.3) is 5.91 Å². The first-order valence-electron chi connectivity index (χ1n) is 8.91. The second-order valence-corrected chi connectivity index (χ2v) is 6.82. The Labute approximate surface area is 157 Å². The van der Waals surface area contributed by atoms with Gasteiger partial charge in [-0.05, 0) is 38.1 Å². The summed E-state index contributed by atoms with van der Waals surface area (Å²) >= 11 is 0. The zero-order chi connectivity index (χ0) is 19.1. The van der Waals surface area contributed by atoms with Gasteiger partial charge < -0.3 is 19.2 Å². The van der Waals surface area contributed by atoms with Gasteiger partial charge in [-0.15, -0.1) is 0 Å². The van der Waals surface area contributed by atoms with E-state index in [4.69, 9.17) is 4.74 Å². The summed E-state index contributed by atoms with van der Waals surface area (Å²) in [6, 6.07) is 14.1. The van der Waals surface area contributed by atoms with Gasteiger partial charge >= 0.3 is 0 Å². The number of aromatic nitrogens is 3. The Balaban J connectivity index is 1.85. The Bertz CT molecular complexity index is 1150. The van der Waals surface area contributed by atoms with Gasteiger partial charge in [0.15, 0.2) is 0 Å². The molecule has 0 atom stereocenters. The average Bonchev–Trinajstić information content (AvgIpc) is 3.16. The van der Waals surface area contributed by atoms with Crippen molar-refractivity contribution in [2.24, 2.45) is 7.05 Å². The topological polar surface area (TPSA) is 61.1 Å². The van der Waals surface area contributed by atoms with Crippen molar-refractivity contribution in [3.8, 4) is 5.88 Å². The highest BCUT2D eigenvalue weighted by molar-refractivity contribution is 6.12. The molecule has 138 valence electrons. The molecule has 0 spiro atoms. The lowest BCUT2D eigenvalue weighted by Gasteiger charge is -2.11. The van der Waals surface area contributed by atoms with E-state index >= 15 is 0 Å². The third-order valence-electron chi connectivity index (χ3n) is 4.85. The highest BCUT2D eigenvalue weighted by Gasteiger charge is 2.21. The van der Waals surface area contributed by atoms with Crippen molar-refractivity contribution in [1.82, 2.24) is 14.1 Å². The Morgan fingerprint density at radius 3 is 2.67 bits per heavy atom. The summed E-state index contributed by atoms with van der Waals surface area (Å²) in [5.41, 5.74) is 4.42. The number of aryl methyl sites for hydroxylation is 1. The third kappa shape index (κ3) is 2.65. The van der Waals surface area contributed by atoms with E-state index in [9.17, 15) is 4.79 Å². The van der Waals surface area contributed by atoms with Crippen molar-refractivity contribution in [2.45, 2.75) is 19.9 Å². The number of methoxy groups -OCH3 is 1. The van der Waals surface area contributed by atoms with Crippen LogP contribution in [-0.2, 0) is 7.05 Å². The zero-order valence-corrected chi connectivity index (χ0v) is 15.9. The summed E-state index contributed by atoms with van der Waals surface area (Å²) < 4.78 is 9.45. The molecule has 3 heterocycles. The van der Waals surface area contributed by atoms with E-state index in [1.54, 1.807) is 18.3 Å². The number of nitrogens with one attached hydrogen (secondary N) is 1. The molecule has 0 aliphatic carbocycles. The van der Waals surface area contributed by atoms with Crippen LogP contribution < -0.4 is 10.1 Å². The number of ether oxygens (including phenoxy) is 1. The second-order valence-electron chi connectivity index (χ2n) is 6.82. The SMILES string of the molecule is COc1ncccc1NC(=O)c1cc2c(c3ccccc3n2C(C)C)n1C. The van der Waals surface area contributed by atoms with E-state index in [2.05, 4.69) is 40.8 Å². The number of carbonyl (C=O) groups is 1. The molecule has 0 saturated carbocycles. The van der Waals surface area contributed by atoms with Gasteiger partial charge in [0.2, 0.25) is 5.88 Å². The first-order valence-corrected chi connectivity index (χ1v) is 8.91. The zero-order valence-electron chi connectivity index (χ0n) is 15.9. The molecule has 0 radical (unpaired) electrons. The van der Waals surface area contributed by atoms with Gasteiger partial charge in [0, 0.05) is 24.7 Å². The van der Waals surface area contributed by atoms with E-state index in [-0.39, 0.29) is 11.9 Å². The van der Waals surface area contributed by atoms with Crippen LogP contribution in [0.3, 0.4) is 0 Å². The smallest absolute Gasteiger partial charge is 0.272 e. The van der Waals surface area contributed by atoms with Crippen LogP contribution in [0.5, 0.6) is 5.88 Å². The summed E-state index contributed by atoms with van der Waals surface area (Å²) in [4.78, 5) is 17.1. The molecular formula is C21H22N4O2. The fourth-order valence-corrected chi connectivity index (χ4v) is 3.71. The number of hydrogen-bond donors (Lipinski definition) is 1. The summed E-state index contributed by atoms with van der Waals surface area (Å²) in [6.45, 7) is 4.30. The molecule has 6 heteroatoms. The number of nitrogens with zero attached hydrogens (tertiary/aromatic N) is 3. The predicted molar refractivity (Wildman–Crippen MR) is 108 cm³/mol. The number of carbonyl (C=O) groups excluding carboxylic acids is 1. The Kier molecular flexibility index (Phi) is 4.11. The predicted octanol–water partition coefficient (Wildman–Crippen LogP) is 4.37. The maximum absolute atomic E-state index is 13.0. The molecule has 4 aromatic rings. The molecule has 27 heavy (non-hydrogen) atoms. The van der Waals surface area contributed by atoms with Gasteiger partial charge in [-0.3, -0.25) is 4.79 Å². The lowest BCUT2D eigenvalue weighted by atomic mass is 10.2. The van der Waals surface area contributed by atoms with Crippen LogP contribution in [-0.4, -0.2) is 27.1 Å². The summed E-state index contributed by atoms with van der Waals surface area (Å²) in [5, 5.41) is 4.05. The molecule has 0 saturated heterocycles. The Morgan fingerprint density at radius 1 is 1.15 bits per heavy atom. The summed E-state index contributed by atoms with van der Waals surface area (Å²) in [6.07, 6.45) is 1.63. The number of pyridine rings is 1. The van der Waals surface area contributed by atoms with Gasteiger partial charge in [-0.2, -0.15) is 0 Å². The molecule has 0 aliphatic rings. The van der Waals surface area contributed by atoms with Gasteiger partial charge in [0.05, 0.1) is 23.7 Å². The minimum atomic E-state index is -0.195. The third-order valence-corrected chi connectivity index (χ3v) is 4.85. The van der Waals surface area contributed by atoms with Crippen LogP contribution in [0.15, 0.2) is 48.7 Å². The van der Waals surface area contributed by atoms with Crippen LogP contribution in [0.2, 0.25) is 0 Å². The molecule has 0 bridgehead atoms. The molecule has 1 N–H and O–H groups in total. The van der Waals surface area contributed by atoms with Crippen molar-refractivity contribution < 1.29 is 9.53 Å². The van der Waals surface area contributed by atoms with Crippen molar-refractivity contribution in [2.75, 3.05) is 12.4 Å². The van der Waals surface area contributed by atoms with E-state index < -0.39 is 0 Å². The minimum Gasteiger partial charge on any atom is -0.480 e. The lowest BCUT2D eigenvalue weighted by Crippen LogP contribution is -2.16. The van der Waals surface area contributed by atoms with Crippen molar-refractivity contribution >= 4 is 33.5 Å². The normalized spacial score (nSPS) is 11.4. The molecule has 1 aromatic carbocycles. The number of hydrogen-bond acceptors (Lipinski definition) is 3. The second kappa shape index (κ2) is 6.46. The molecule has 0 fully saturated rings. The van der Waals surface area contributed by atoms with Gasteiger partial charge in [-0.1, -0.05) is 18.2 Å². The molecule has 6 nitrogen and oxygen atoms in total. The highest BCUT2D eigenvalue weighted by Crippen LogP contribution is 2.34. The Morgan fingerprint density at radius 2 is 1.93 bits per heavy atom. The minimum absolute atomic E-state index is 0.195. The van der Waals surface area contributed by atoms with Crippen molar-refractivity contribution in [3.05, 3.63) is 54.4 Å². The number of anilines is 1. The van der Waals surface area contributed by atoms with E-state index in [0.29, 0.717) is 17.3 Å². The fourth-order valence-electron chi connectivity index (χ4n) is 3.71. The number of fused-ring (bicyclic) bond motifs is 3. The fraction of sp³-hybridized carbons (Fsp3) is 0.238. The quantitative estimate of drug-likeness (QED) is 0.586. The highest BCUT2D eigenvalue weighted by atomic mass is 16.5. The molecule has 3 aromatic heterocycles. The molecule has 0 aliphatic heterocycles. The number of para-hydroxylation sites is 1. The summed E-state index contributed by atoms with van der Waals surface area (Å²) in [5.74, 6) is 0.196. The largest absolute Gasteiger partial charge is 0.480 e. The first kappa shape index (κ1) is 17.1. The van der Waals surface area contributed by atoms with Gasteiger partial charge in [-0.25, -0.2) is 4.98 Å². The van der Waals surface area contributed by atoms with Gasteiger partial charge in [0.1, 0.15) is 11.4 Å². The maximum Gasteiger partial charge on any atom is 0.272 e. The van der Waals surface area contributed by atoms with Crippen LogP contribution >= 0.6 is 0 Å². The van der Waals surface area contributed by atoms with Crippen LogP contribution in [0.25, 0.3) is 21.9 Å². The van der Waals surface area contributed by atoms with Crippen LogP contribution in [0, 0.1) is 0 Å². The number of amides is 1. The van der Waals surface area contributed by atoms with Crippen molar-refractivity contribution in [3.63, 3.8) is 0 Å². The molecule has 4 rings (SSSR count). The number of benzene rings is 1. The Hall–Kier alpha value is -3.28. The summed E-state index contributed by atoms with van der Waals surface area (Å²) in [7, 11) is 3.46. The first-order chi connectivity index (χ1) is 13.0. The molecular weight excluding hydrogens is 340 g/mol. The van der Waals surface area contributed by atoms with Crippen LogP contribution in [0.1, 0.15) is 30.4 Å². The maximum atomic E-state index is 13.0. The van der Waals surface area contributed by atoms with E-state index in [1.807, 2.05) is 29.8 Å². The standard InChI is InChI=1S/C21H22N4O2/c1-13(2)25-16-10-6-5-8-14(16)19-17(25)12-18(24(19)3)20(26)23-15-9-7-11-22-21(15)27-4/h5-13H,1-4H3,(H,23,26). The lowest BCUT2D eigenvalue weighted by molar-refractivity contribution is 0.101. The van der Waals surface area contributed by atoms with Crippen molar-refractivity contribution in [1.29, 1.82) is 0 Å². The van der Waals surface area contributed by atoms with Crippen LogP contribution in [0.4, 0.5) is 5.69 Å². The van der Waals surface area contributed by atoms with E-state index in [0.717, 1.165) is 16.4 Å². The van der Waals surface area contributed by atoms with E-state index in [1.165, 1.54) is 12.6 Å². The average molecular weight is 362 g/mol.